The number of sulfonamides is 1. The van der Waals surface area contributed by atoms with Gasteiger partial charge in [-0.1, -0.05) is 6.92 Å². The Morgan fingerprint density at radius 1 is 1.59 bits per heavy atom. The normalized spacial score (nSPS) is 22.9. The van der Waals surface area contributed by atoms with Crippen molar-refractivity contribution in [3.8, 4) is 0 Å². The molecule has 1 unspecified atom stereocenters. The van der Waals surface area contributed by atoms with Crippen molar-refractivity contribution in [3.05, 3.63) is 12.5 Å². The molecule has 1 atom stereocenters. The lowest BCUT2D eigenvalue weighted by atomic mass is 9.96. The lowest BCUT2D eigenvalue weighted by Crippen LogP contribution is -2.43. The predicted molar refractivity (Wildman–Crippen MR) is 60.8 cm³/mol. The molecule has 0 bridgehead atoms. The summed E-state index contributed by atoms with van der Waals surface area (Å²) in [6, 6.07) is 0. The third-order valence-electron chi connectivity index (χ3n) is 3.07. The van der Waals surface area contributed by atoms with E-state index in [1.54, 1.807) is 0 Å². The molecule has 1 aromatic rings. The van der Waals surface area contributed by atoms with Gasteiger partial charge < -0.3 is 4.98 Å². The summed E-state index contributed by atoms with van der Waals surface area (Å²) in [5.74, 6) is -0.0231. The number of nitrogens with zero attached hydrogens (tertiary/aromatic N) is 2. The number of piperidine rings is 1. The second-order valence-corrected chi connectivity index (χ2v) is 6.01. The number of nitrogens with one attached hydrogen (secondary N) is 1. The molecule has 0 spiro atoms. The van der Waals surface area contributed by atoms with E-state index in [9.17, 15) is 13.2 Å². The third kappa shape index (κ3) is 2.25. The lowest BCUT2D eigenvalue weighted by molar-refractivity contribution is -0.125. The zero-order valence-electron chi connectivity index (χ0n) is 9.59. The largest absolute Gasteiger partial charge is 0.335 e. The fourth-order valence-corrected chi connectivity index (χ4v) is 3.36. The van der Waals surface area contributed by atoms with Gasteiger partial charge in [0.25, 0.3) is 10.0 Å². The van der Waals surface area contributed by atoms with Gasteiger partial charge in [-0.25, -0.2) is 13.4 Å². The van der Waals surface area contributed by atoms with Crippen LogP contribution in [0.25, 0.3) is 0 Å². The Bertz CT molecular complexity index is 495. The van der Waals surface area contributed by atoms with E-state index in [0.717, 1.165) is 0 Å². The minimum absolute atomic E-state index is 0.0849. The van der Waals surface area contributed by atoms with Crippen molar-refractivity contribution in [1.82, 2.24) is 14.3 Å². The average molecular weight is 257 g/mol. The highest BCUT2D eigenvalue weighted by atomic mass is 32.2. The van der Waals surface area contributed by atoms with Gasteiger partial charge in [-0.3, -0.25) is 4.79 Å². The van der Waals surface area contributed by atoms with E-state index < -0.39 is 10.0 Å². The quantitative estimate of drug-likeness (QED) is 0.849. The smallest absolute Gasteiger partial charge is 0.260 e. The summed E-state index contributed by atoms with van der Waals surface area (Å²) in [6.07, 6.45) is 3.59. The highest BCUT2D eigenvalue weighted by molar-refractivity contribution is 7.89. The maximum atomic E-state index is 12.2. The van der Waals surface area contributed by atoms with Crippen LogP contribution >= 0.6 is 0 Å². The van der Waals surface area contributed by atoms with Gasteiger partial charge in [-0.2, -0.15) is 4.31 Å². The van der Waals surface area contributed by atoms with Gasteiger partial charge in [-0.05, 0) is 6.42 Å². The number of aromatic amines is 1. The van der Waals surface area contributed by atoms with Crippen LogP contribution in [-0.2, 0) is 14.8 Å². The van der Waals surface area contributed by atoms with E-state index in [-0.39, 0.29) is 29.8 Å². The number of H-pyrrole nitrogens is 1. The van der Waals surface area contributed by atoms with Crippen LogP contribution in [0.3, 0.4) is 0 Å². The van der Waals surface area contributed by atoms with E-state index in [0.29, 0.717) is 12.8 Å². The molecule has 6 nitrogen and oxygen atoms in total. The van der Waals surface area contributed by atoms with E-state index in [4.69, 9.17) is 0 Å². The highest BCUT2D eigenvalue weighted by Crippen LogP contribution is 2.21. The van der Waals surface area contributed by atoms with E-state index in [1.807, 2.05) is 6.92 Å². The lowest BCUT2D eigenvalue weighted by Gasteiger charge is -2.29. The van der Waals surface area contributed by atoms with E-state index in [1.165, 1.54) is 16.8 Å². The number of Topliss-reactive ketones (excluding diaryl/α,β-unsaturated/α-hetero) is 1. The number of imidazole rings is 1. The first kappa shape index (κ1) is 12.3. The Kier molecular flexibility index (Phi) is 3.30. The molecular formula is C10H15N3O3S. The Hall–Kier alpha value is -1.21. The fourth-order valence-electron chi connectivity index (χ4n) is 1.98. The zero-order valence-corrected chi connectivity index (χ0v) is 10.4. The predicted octanol–water partition coefficient (Wildman–Crippen LogP) is 0.399. The van der Waals surface area contributed by atoms with Crippen molar-refractivity contribution in [2.45, 2.75) is 24.8 Å². The Labute approximate surface area is 100 Å². The molecule has 1 aromatic heterocycles. The molecule has 1 fully saturated rings. The molecule has 2 rings (SSSR count). The molecule has 1 N–H and O–H groups in total. The van der Waals surface area contributed by atoms with Crippen molar-refractivity contribution in [3.63, 3.8) is 0 Å². The van der Waals surface area contributed by atoms with Gasteiger partial charge in [-0.15, -0.1) is 0 Å². The van der Waals surface area contributed by atoms with Crippen LogP contribution in [0.15, 0.2) is 17.6 Å². The van der Waals surface area contributed by atoms with Crippen molar-refractivity contribution in [2.24, 2.45) is 5.92 Å². The van der Waals surface area contributed by atoms with Crippen LogP contribution in [0.4, 0.5) is 0 Å². The van der Waals surface area contributed by atoms with Crippen LogP contribution in [0, 0.1) is 5.92 Å². The molecular weight excluding hydrogens is 242 g/mol. The first-order valence-corrected chi connectivity index (χ1v) is 7.01. The molecule has 94 valence electrons. The van der Waals surface area contributed by atoms with Gasteiger partial charge in [0.15, 0.2) is 5.03 Å². The molecule has 1 saturated heterocycles. The Morgan fingerprint density at radius 3 is 2.94 bits per heavy atom. The number of carbonyl (C=O) groups is 1. The first-order chi connectivity index (χ1) is 8.05. The maximum Gasteiger partial charge on any atom is 0.260 e. The fraction of sp³-hybridized carbons (Fsp3) is 0.600. The maximum absolute atomic E-state index is 12.2. The number of hydrogen-bond donors (Lipinski definition) is 1. The van der Waals surface area contributed by atoms with E-state index in [2.05, 4.69) is 9.97 Å². The SMILES string of the molecule is CCC1CN(S(=O)(=O)c2cnc[nH]2)CCC1=O. The molecule has 1 aliphatic heterocycles. The standard InChI is InChI=1S/C10H15N3O3S/c1-2-8-6-13(4-3-9(8)14)17(15,16)10-5-11-7-12-10/h5,7-8H,2-4,6H2,1H3,(H,11,12). The number of carbonyl (C=O) groups excluding carboxylic acids is 1. The molecule has 0 radical (unpaired) electrons. The number of aromatic nitrogens is 2. The highest BCUT2D eigenvalue weighted by Gasteiger charge is 2.34. The Balaban J connectivity index is 2.21. The minimum atomic E-state index is -3.52. The van der Waals surface area contributed by atoms with Gasteiger partial charge in [0, 0.05) is 25.4 Å². The van der Waals surface area contributed by atoms with Crippen molar-refractivity contribution in [1.29, 1.82) is 0 Å². The van der Waals surface area contributed by atoms with Crippen LogP contribution in [0.2, 0.25) is 0 Å². The summed E-state index contributed by atoms with van der Waals surface area (Å²) in [6.45, 7) is 2.43. The summed E-state index contributed by atoms with van der Waals surface area (Å²) in [7, 11) is -3.52. The van der Waals surface area contributed by atoms with Gasteiger partial charge in [0.05, 0.1) is 12.5 Å². The summed E-state index contributed by atoms with van der Waals surface area (Å²) >= 11 is 0. The number of hydrogen-bond acceptors (Lipinski definition) is 4. The third-order valence-corrected chi connectivity index (χ3v) is 4.86. The average Bonchev–Trinajstić information content (AvgIpc) is 2.83. The van der Waals surface area contributed by atoms with E-state index >= 15 is 0 Å². The Morgan fingerprint density at radius 2 is 2.35 bits per heavy atom. The topological polar surface area (TPSA) is 83.1 Å². The summed E-state index contributed by atoms with van der Waals surface area (Å²) in [5, 5.41) is 0.0849. The van der Waals surface area contributed by atoms with Crippen molar-refractivity contribution in [2.75, 3.05) is 13.1 Å². The number of ketones is 1. The van der Waals surface area contributed by atoms with Crippen LogP contribution in [0.5, 0.6) is 0 Å². The molecule has 1 aliphatic rings. The van der Waals surface area contributed by atoms with Gasteiger partial charge in [0.2, 0.25) is 0 Å². The molecule has 17 heavy (non-hydrogen) atoms. The second-order valence-electron chi connectivity index (χ2n) is 4.10. The molecule has 2 heterocycles. The summed E-state index contributed by atoms with van der Waals surface area (Å²) in [5.41, 5.74) is 0. The van der Waals surface area contributed by atoms with Crippen LogP contribution in [0.1, 0.15) is 19.8 Å². The molecule has 0 aliphatic carbocycles. The second kappa shape index (κ2) is 4.58. The first-order valence-electron chi connectivity index (χ1n) is 5.57. The zero-order chi connectivity index (χ0) is 12.5. The molecule has 0 saturated carbocycles. The van der Waals surface area contributed by atoms with Crippen LogP contribution in [-0.4, -0.2) is 41.6 Å². The summed E-state index contributed by atoms with van der Waals surface area (Å²) < 4.78 is 25.7. The van der Waals surface area contributed by atoms with Crippen molar-refractivity contribution >= 4 is 15.8 Å². The minimum Gasteiger partial charge on any atom is -0.335 e. The monoisotopic (exact) mass is 257 g/mol. The molecule has 0 amide bonds. The van der Waals surface area contributed by atoms with Crippen LogP contribution < -0.4 is 0 Å². The van der Waals surface area contributed by atoms with Gasteiger partial charge >= 0.3 is 0 Å². The number of rotatable bonds is 3. The molecule has 0 aromatic carbocycles. The van der Waals surface area contributed by atoms with Gasteiger partial charge in [0.1, 0.15) is 5.78 Å². The van der Waals surface area contributed by atoms with Crippen molar-refractivity contribution < 1.29 is 13.2 Å². The molecule has 7 heteroatoms. The summed E-state index contributed by atoms with van der Waals surface area (Å²) in [4.78, 5) is 17.8.